The van der Waals surface area contributed by atoms with Crippen LogP contribution in [0.25, 0.3) is 0 Å². The molecule has 5 nitrogen and oxygen atoms in total. The minimum absolute atomic E-state index is 0.110. The predicted octanol–water partition coefficient (Wildman–Crippen LogP) is -0.336. The SMILES string of the molecule is CC(C)COC(=O)C[C@H]1NCCNC1=O. The van der Waals surface area contributed by atoms with Crippen LogP contribution in [-0.4, -0.2) is 37.6 Å². The lowest BCUT2D eigenvalue weighted by molar-refractivity contribution is -0.147. The third-order valence-electron chi connectivity index (χ3n) is 2.08. The highest BCUT2D eigenvalue weighted by Gasteiger charge is 2.24. The monoisotopic (exact) mass is 214 g/mol. The number of esters is 1. The van der Waals surface area contributed by atoms with Crippen molar-refractivity contribution in [2.24, 2.45) is 5.92 Å². The fourth-order valence-electron chi connectivity index (χ4n) is 1.30. The number of ether oxygens (including phenoxy) is 1. The minimum atomic E-state index is -0.432. The quantitative estimate of drug-likeness (QED) is 0.628. The zero-order valence-corrected chi connectivity index (χ0v) is 9.21. The highest BCUT2D eigenvalue weighted by Crippen LogP contribution is 2.00. The highest BCUT2D eigenvalue weighted by atomic mass is 16.5. The smallest absolute Gasteiger partial charge is 0.307 e. The fraction of sp³-hybridized carbons (Fsp3) is 0.800. The lowest BCUT2D eigenvalue weighted by Gasteiger charge is -2.22. The molecule has 0 aromatic carbocycles. The van der Waals surface area contributed by atoms with E-state index in [-0.39, 0.29) is 18.3 Å². The molecule has 0 aromatic rings. The zero-order valence-electron chi connectivity index (χ0n) is 9.21. The van der Waals surface area contributed by atoms with E-state index in [1.165, 1.54) is 0 Å². The van der Waals surface area contributed by atoms with Crippen molar-refractivity contribution in [2.75, 3.05) is 19.7 Å². The zero-order chi connectivity index (χ0) is 11.3. The number of piperazine rings is 1. The van der Waals surface area contributed by atoms with E-state index in [4.69, 9.17) is 4.74 Å². The summed E-state index contributed by atoms with van der Waals surface area (Å²) in [5.74, 6) is -0.122. The summed E-state index contributed by atoms with van der Waals surface area (Å²) in [6.45, 7) is 5.68. The number of nitrogens with one attached hydrogen (secondary N) is 2. The summed E-state index contributed by atoms with van der Waals surface area (Å²) >= 11 is 0. The molecule has 1 atom stereocenters. The number of hydrogen-bond donors (Lipinski definition) is 2. The first kappa shape index (κ1) is 12.0. The lowest BCUT2D eigenvalue weighted by Crippen LogP contribution is -2.53. The fourth-order valence-corrected chi connectivity index (χ4v) is 1.30. The Labute approximate surface area is 89.6 Å². The molecule has 0 aliphatic carbocycles. The minimum Gasteiger partial charge on any atom is -0.465 e. The standard InChI is InChI=1S/C10H18N2O3/c1-7(2)6-15-9(13)5-8-10(14)12-4-3-11-8/h7-8,11H,3-6H2,1-2H3,(H,12,14)/t8-/m1/s1. The molecule has 0 aromatic heterocycles. The Morgan fingerprint density at radius 2 is 2.27 bits per heavy atom. The molecule has 15 heavy (non-hydrogen) atoms. The molecular formula is C10H18N2O3. The number of amides is 1. The van der Waals surface area contributed by atoms with E-state index in [0.717, 1.165) is 0 Å². The van der Waals surface area contributed by atoms with Crippen LogP contribution in [0.5, 0.6) is 0 Å². The van der Waals surface area contributed by atoms with E-state index < -0.39 is 6.04 Å². The van der Waals surface area contributed by atoms with Crippen LogP contribution in [0, 0.1) is 5.92 Å². The molecule has 5 heteroatoms. The number of carbonyl (C=O) groups is 2. The van der Waals surface area contributed by atoms with Crippen LogP contribution < -0.4 is 10.6 Å². The predicted molar refractivity (Wildman–Crippen MR) is 55.2 cm³/mol. The van der Waals surface area contributed by atoms with Gasteiger partial charge in [0.1, 0.15) is 0 Å². The molecule has 1 rings (SSSR count). The van der Waals surface area contributed by atoms with Crippen LogP contribution >= 0.6 is 0 Å². The van der Waals surface area contributed by atoms with Crippen LogP contribution in [0.3, 0.4) is 0 Å². The van der Waals surface area contributed by atoms with E-state index in [9.17, 15) is 9.59 Å². The van der Waals surface area contributed by atoms with Gasteiger partial charge in [-0.15, -0.1) is 0 Å². The second-order valence-electron chi connectivity index (χ2n) is 4.08. The highest BCUT2D eigenvalue weighted by molar-refractivity contribution is 5.87. The molecule has 1 amide bonds. The van der Waals surface area contributed by atoms with Crippen LogP contribution in [0.2, 0.25) is 0 Å². The van der Waals surface area contributed by atoms with Crippen molar-refractivity contribution >= 4 is 11.9 Å². The largest absolute Gasteiger partial charge is 0.465 e. The van der Waals surface area contributed by atoms with Crippen molar-refractivity contribution in [3.05, 3.63) is 0 Å². The molecule has 1 saturated heterocycles. The molecule has 0 spiro atoms. The van der Waals surface area contributed by atoms with Gasteiger partial charge >= 0.3 is 5.97 Å². The number of hydrogen-bond acceptors (Lipinski definition) is 4. The molecule has 0 unspecified atom stereocenters. The molecule has 1 aliphatic rings. The van der Waals surface area contributed by atoms with Gasteiger partial charge in [0, 0.05) is 13.1 Å². The maximum Gasteiger partial charge on any atom is 0.307 e. The average molecular weight is 214 g/mol. The molecule has 1 aliphatic heterocycles. The van der Waals surface area contributed by atoms with Crippen LogP contribution in [0.1, 0.15) is 20.3 Å². The Balaban J connectivity index is 2.27. The molecule has 0 radical (unpaired) electrons. The number of carbonyl (C=O) groups excluding carboxylic acids is 2. The van der Waals surface area contributed by atoms with Gasteiger partial charge in [-0.05, 0) is 5.92 Å². The van der Waals surface area contributed by atoms with E-state index in [0.29, 0.717) is 25.6 Å². The van der Waals surface area contributed by atoms with Crippen molar-refractivity contribution in [1.29, 1.82) is 0 Å². The van der Waals surface area contributed by atoms with E-state index in [1.54, 1.807) is 0 Å². The molecule has 86 valence electrons. The van der Waals surface area contributed by atoms with Crippen molar-refractivity contribution < 1.29 is 14.3 Å². The molecule has 1 fully saturated rings. The van der Waals surface area contributed by atoms with E-state index >= 15 is 0 Å². The Morgan fingerprint density at radius 3 is 2.87 bits per heavy atom. The average Bonchev–Trinajstić information content (AvgIpc) is 2.18. The van der Waals surface area contributed by atoms with Gasteiger partial charge in [-0.3, -0.25) is 9.59 Å². The maximum atomic E-state index is 11.3. The topological polar surface area (TPSA) is 67.4 Å². The van der Waals surface area contributed by atoms with Gasteiger partial charge in [0.15, 0.2) is 0 Å². The van der Waals surface area contributed by atoms with Crippen LogP contribution in [0.15, 0.2) is 0 Å². The van der Waals surface area contributed by atoms with Gasteiger partial charge in [0.2, 0.25) is 5.91 Å². The van der Waals surface area contributed by atoms with E-state index in [2.05, 4.69) is 10.6 Å². The van der Waals surface area contributed by atoms with Gasteiger partial charge in [-0.25, -0.2) is 0 Å². The lowest BCUT2D eigenvalue weighted by atomic mass is 10.1. The van der Waals surface area contributed by atoms with Crippen LogP contribution in [0.4, 0.5) is 0 Å². The van der Waals surface area contributed by atoms with Crippen molar-refractivity contribution in [2.45, 2.75) is 26.3 Å². The normalized spacial score (nSPS) is 21.3. The molecule has 2 N–H and O–H groups in total. The first-order valence-electron chi connectivity index (χ1n) is 5.26. The molecule has 0 bridgehead atoms. The summed E-state index contributed by atoms with van der Waals surface area (Å²) in [4.78, 5) is 22.6. The summed E-state index contributed by atoms with van der Waals surface area (Å²) in [5, 5.41) is 5.67. The summed E-state index contributed by atoms with van der Waals surface area (Å²) in [6, 6.07) is -0.432. The van der Waals surface area contributed by atoms with Crippen molar-refractivity contribution in [1.82, 2.24) is 10.6 Å². The van der Waals surface area contributed by atoms with Crippen molar-refractivity contribution in [3.8, 4) is 0 Å². The first-order chi connectivity index (χ1) is 7.09. The Morgan fingerprint density at radius 1 is 1.53 bits per heavy atom. The van der Waals surface area contributed by atoms with Gasteiger partial charge < -0.3 is 15.4 Å². The van der Waals surface area contributed by atoms with Gasteiger partial charge in [-0.2, -0.15) is 0 Å². The molecule has 0 saturated carbocycles. The van der Waals surface area contributed by atoms with Gasteiger partial charge in [-0.1, -0.05) is 13.8 Å². The summed E-state index contributed by atoms with van der Waals surface area (Å²) in [5.41, 5.74) is 0. The summed E-state index contributed by atoms with van der Waals surface area (Å²) in [6.07, 6.45) is 0.110. The Kier molecular flexibility index (Phi) is 4.55. The number of rotatable bonds is 4. The maximum absolute atomic E-state index is 11.3. The second kappa shape index (κ2) is 5.70. The van der Waals surface area contributed by atoms with Crippen molar-refractivity contribution in [3.63, 3.8) is 0 Å². The molecular weight excluding hydrogens is 196 g/mol. The van der Waals surface area contributed by atoms with Gasteiger partial charge in [0.25, 0.3) is 0 Å². The summed E-state index contributed by atoms with van der Waals surface area (Å²) < 4.78 is 5.00. The third-order valence-corrected chi connectivity index (χ3v) is 2.08. The van der Waals surface area contributed by atoms with Crippen LogP contribution in [-0.2, 0) is 14.3 Å². The first-order valence-corrected chi connectivity index (χ1v) is 5.26. The Bertz CT molecular complexity index is 241. The van der Waals surface area contributed by atoms with Gasteiger partial charge in [0.05, 0.1) is 19.1 Å². The second-order valence-corrected chi connectivity index (χ2v) is 4.08. The Hall–Kier alpha value is -1.10. The molecule has 1 heterocycles. The summed E-state index contributed by atoms with van der Waals surface area (Å²) in [7, 11) is 0. The third kappa shape index (κ3) is 4.29. The van der Waals surface area contributed by atoms with E-state index in [1.807, 2.05) is 13.8 Å².